The molecule has 1 aromatic heterocycles. The van der Waals surface area contributed by atoms with Gasteiger partial charge in [0.2, 0.25) is 0 Å². The number of phenolic OH excluding ortho intramolecular Hbond substituents is 1. The molecular weight excluding hydrogens is 447 g/mol. The summed E-state index contributed by atoms with van der Waals surface area (Å²) in [5.74, 6) is -4.46. The van der Waals surface area contributed by atoms with Crippen LogP contribution in [0, 0.1) is 17.5 Å². The highest BCUT2D eigenvalue weighted by atomic mass is 19.2. The van der Waals surface area contributed by atoms with Crippen molar-refractivity contribution in [3.8, 4) is 22.6 Å². The van der Waals surface area contributed by atoms with Crippen molar-refractivity contribution in [3.05, 3.63) is 83.3 Å². The zero-order valence-electron chi connectivity index (χ0n) is 17.9. The van der Waals surface area contributed by atoms with Crippen LogP contribution in [0.2, 0.25) is 0 Å². The molecule has 3 aromatic carbocycles. The van der Waals surface area contributed by atoms with Gasteiger partial charge in [-0.15, -0.1) is 0 Å². The van der Waals surface area contributed by atoms with Crippen molar-refractivity contribution in [2.75, 3.05) is 13.2 Å². The summed E-state index contributed by atoms with van der Waals surface area (Å²) in [6, 6.07) is 12.2. The predicted octanol–water partition coefficient (Wildman–Crippen LogP) is 6.01. The number of carboxylic acids is 1. The van der Waals surface area contributed by atoms with Crippen molar-refractivity contribution in [1.82, 2.24) is 4.57 Å². The maximum absolute atomic E-state index is 14.7. The molecule has 2 heterocycles. The first-order valence-electron chi connectivity index (χ1n) is 10.8. The molecule has 1 fully saturated rings. The van der Waals surface area contributed by atoms with Gasteiger partial charge in [0, 0.05) is 47.5 Å². The summed E-state index contributed by atoms with van der Waals surface area (Å²) in [6.45, 7) is 0.976. The number of ether oxygens (including phenoxy) is 1. The molecule has 2 N–H and O–H groups in total. The number of nitrogens with zero attached hydrogens (tertiary/aromatic N) is 1. The number of hydrogen-bond acceptors (Lipinski definition) is 3. The number of phenols is 1. The summed E-state index contributed by atoms with van der Waals surface area (Å²) in [7, 11) is 0. The molecule has 0 amide bonds. The number of halogens is 3. The van der Waals surface area contributed by atoms with Crippen LogP contribution in [-0.4, -0.2) is 34.0 Å². The molecule has 0 bridgehead atoms. The third-order valence-electron chi connectivity index (χ3n) is 6.27. The number of aromatic nitrogens is 1. The fourth-order valence-electron chi connectivity index (χ4n) is 4.74. The number of aromatic carboxylic acids is 1. The molecular formula is C26H20F3NO4. The Balaban J connectivity index is 1.88. The number of hydrogen-bond donors (Lipinski definition) is 2. The third-order valence-corrected chi connectivity index (χ3v) is 6.27. The molecule has 174 valence electrons. The first-order chi connectivity index (χ1) is 16.4. The Labute approximate surface area is 192 Å². The zero-order valence-corrected chi connectivity index (χ0v) is 17.9. The number of carboxylic acid groups (broad SMARTS) is 1. The molecule has 0 saturated carbocycles. The third kappa shape index (κ3) is 3.60. The van der Waals surface area contributed by atoms with Gasteiger partial charge in [-0.3, -0.25) is 0 Å². The van der Waals surface area contributed by atoms with Crippen LogP contribution in [0.25, 0.3) is 27.7 Å². The topological polar surface area (TPSA) is 71.7 Å². The molecule has 1 saturated heterocycles. The van der Waals surface area contributed by atoms with Crippen molar-refractivity contribution in [2.24, 2.45) is 0 Å². The summed E-state index contributed by atoms with van der Waals surface area (Å²) >= 11 is 0. The van der Waals surface area contributed by atoms with Crippen molar-refractivity contribution in [1.29, 1.82) is 0 Å². The lowest BCUT2D eigenvalue weighted by Crippen LogP contribution is -2.17. The second-order valence-corrected chi connectivity index (χ2v) is 8.25. The van der Waals surface area contributed by atoms with Crippen LogP contribution in [0.4, 0.5) is 13.2 Å². The van der Waals surface area contributed by atoms with E-state index >= 15 is 0 Å². The first-order valence-corrected chi connectivity index (χ1v) is 10.8. The average molecular weight is 467 g/mol. The van der Waals surface area contributed by atoms with E-state index in [0.29, 0.717) is 59.5 Å². The van der Waals surface area contributed by atoms with Crippen LogP contribution >= 0.6 is 0 Å². The summed E-state index contributed by atoms with van der Waals surface area (Å²) in [4.78, 5) is 11.3. The van der Waals surface area contributed by atoms with Gasteiger partial charge >= 0.3 is 5.97 Å². The van der Waals surface area contributed by atoms with Crippen LogP contribution in [0.1, 0.15) is 34.8 Å². The standard InChI is InChI=1S/C26H20F3NO4/c27-18-7-5-16(13-20(18)29)30-21-2-1-3-22(31)24(21)23(25(30)14-8-10-34-11-9-14)15-4-6-17(26(32)33)19(28)12-15/h1-7,12-14,31H,8-11H2,(H,32,33). The van der Waals surface area contributed by atoms with Crippen LogP contribution in [0.15, 0.2) is 54.6 Å². The van der Waals surface area contributed by atoms with Crippen LogP contribution < -0.4 is 0 Å². The fraction of sp³-hybridized carbons (Fsp3) is 0.192. The average Bonchev–Trinajstić information content (AvgIpc) is 3.17. The summed E-state index contributed by atoms with van der Waals surface area (Å²) in [6.07, 6.45) is 1.26. The van der Waals surface area contributed by atoms with Crippen LogP contribution in [0.5, 0.6) is 5.75 Å². The molecule has 1 aliphatic rings. The van der Waals surface area contributed by atoms with Gasteiger partial charge in [0.05, 0.1) is 11.1 Å². The van der Waals surface area contributed by atoms with E-state index in [2.05, 4.69) is 0 Å². The zero-order chi connectivity index (χ0) is 24.0. The number of benzene rings is 3. The Bertz CT molecular complexity index is 1420. The normalized spacial score (nSPS) is 14.6. The second kappa shape index (κ2) is 8.53. The Kier molecular flexibility index (Phi) is 5.53. The quantitative estimate of drug-likeness (QED) is 0.386. The minimum absolute atomic E-state index is 0.0649. The molecule has 8 heteroatoms. The van der Waals surface area contributed by atoms with E-state index in [0.717, 1.165) is 18.2 Å². The van der Waals surface area contributed by atoms with Gasteiger partial charge in [-0.05, 0) is 54.8 Å². The molecule has 0 atom stereocenters. The van der Waals surface area contributed by atoms with E-state index in [9.17, 15) is 28.2 Å². The lowest BCUT2D eigenvalue weighted by molar-refractivity contribution is 0.0692. The van der Waals surface area contributed by atoms with Crippen LogP contribution in [0.3, 0.4) is 0 Å². The SMILES string of the molecule is O=C(O)c1ccc(-c2c(C3CCOCC3)n(-c3ccc(F)c(F)c3)c3cccc(O)c23)cc1F. The summed E-state index contributed by atoms with van der Waals surface area (Å²) in [5, 5.41) is 20.5. The van der Waals surface area contributed by atoms with Gasteiger partial charge in [0.1, 0.15) is 11.6 Å². The van der Waals surface area contributed by atoms with Gasteiger partial charge in [0.15, 0.2) is 11.6 Å². The molecule has 0 radical (unpaired) electrons. The van der Waals surface area contributed by atoms with E-state index in [1.165, 1.54) is 24.3 Å². The lowest BCUT2D eigenvalue weighted by Gasteiger charge is -2.26. The van der Waals surface area contributed by atoms with E-state index in [1.54, 1.807) is 16.7 Å². The van der Waals surface area contributed by atoms with Crippen molar-refractivity contribution in [3.63, 3.8) is 0 Å². The van der Waals surface area contributed by atoms with Gasteiger partial charge in [0.25, 0.3) is 0 Å². The Morgan fingerprint density at radius 3 is 2.38 bits per heavy atom. The van der Waals surface area contributed by atoms with E-state index in [1.807, 2.05) is 0 Å². The molecule has 0 unspecified atom stereocenters. The Morgan fingerprint density at radius 1 is 0.941 bits per heavy atom. The number of fused-ring (bicyclic) bond motifs is 1. The van der Waals surface area contributed by atoms with Crippen molar-refractivity contribution in [2.45, 2.75) is 18.8 Å². The molecule has 0 aliphatic carbocycles. The van der Waals surface area contributed by atoms with E-state index < -0.39 is 29.0 Å². The molecule has 1 aliphatic heterocycles. The minimum Gasteiger partial charge on any atom is -0.507 e. The molecule has 4 aromatic rings. The molecule has 34 heavy (non-hydrogen) atoms. The summed E-state index contributed by atoms with van der Waals surface area (Å²) in [5.41, 5.74) is 1.99. The molecule has 0 spiro atoms. The fourth-order valence-corrected chi connectivity index (χ4v) is 4.74. The maximum Gasteiger partial charge on any atom is 0.338 e. The maximum atomic E-state index is 14.7. The molecule has 5 nitrogen and oxygen atoms in total. The van der Waals surface area contributed by atoms with Crippen LogP contribution in [-0.2, 0) is 4.74 Å². The number of rotatable bonds is 4. The largest absolute Gasteiger partial charge is 0.507 e. The van der Waals surface area contributed by atoms with Crippen molar-refractivity contribution >= 4 is 16.9 Å². The van der Waals surface area contributed by atoms with Gasteiger partial charge in [-0.25, -0.2) is 18.0 Å². The lowest BCUT2D eigenvalue weighted by atomic mass is 9.89. The molecule has 5 rings (SSSR count). The second-order valence-electron chi connectivity index (χ2n) is 8.25. The van der Waals surface area contributed by atoms with E-state index in [-0.39, 0.29) is 11.7 Å². The highest BCUT2D eigenvalue weighted by Gasteiger charge is 2.29. The monoisotopic (exact) mass is 467 g/mol. The predicted molar refractivity (Wildman–Crippen MR) is 120 cm³/mol. The van der Waals surface area contributed by atoms with Gasteiger partial charge < -0.3 is 19.5 Å². The smallest absolute Gasteiger partial charge is 0.338 e. The number of carbonyl (C=O) groups is 1. The highest BCUT2D eigenvalue weighted by Crippen LogP contribution is 2.46. The van der Waals surface area contributed by atoms with Gasteiger partial charge in [-0.2, -0.15) is 0 Å². The highest BCUT2D eigenvalue weighted by molar-refractivity contribution is 6.03. The van der Waals surface area contributed by atoms with Gasteiger partial charge in [-0.1, -0.05) is 12.1 Å². The Hall–Kier alpha value is -3.78. The minimum atomic E-state index is -1.39. The Morgan fingerprint density at radius 2 is 1.71 bits per heavy atom. The van der Waals surface area contributed by atoms with Crippen molar-refractivity contribution < 1.29 is 32.9 Å². The first kappa shape index (κ1) is 22.0. The number of aromatic hydroxyl groups is 1. The van der Waals surface area contributed by atoms with E-state index in [4.69, 9.17) is 4.74 Å². The summed E-state index contributed by atoms with van der Waals surface area (Å²) < 4.78 is 50.0.